The van der Waals surface area contributed by atoms with Crippen LogP contribution in [0.1, 0.15) is 17.0 Å². The molecule has 0 unspecified atom stereocenters. The molecule has 6 heteroatoms. The third kappa shape index (κ3) is 3.02. The van der Waals surface area contributed by atoms with Gasteiger partial charge in [0.05, 0.1) is 23.9 Å². The molecule has 3 atom stereocenters. The Morgan fingerprint density at radius 3 is 2.15 bits per heavy atom. The Bertz CT molecular complexity index is 862. The molecule has 0 spiro atoms. The first-order chi connectivity index (χ1) is 12.4. The van der Waals surface area contributed by atoms with Gasteiger partial charge in [-0.25, -0.2) is 8.42 Å². The molecular formula is C20H25NO4S. The van der Waals surface area contributed by atoms with Gasteiger partial charge in [0, 0.05) is 25.0 Å². The quantitative estimate of drug-likeness (QED) is 0.805. The van der Waals surface area contributed by atoms with Crippen LogP contribution in [0.15, 0.2) is 53.4 Å². The van der Waals surface area contributed by atoms with Crippen molar-refractivity contribution in [3.63, 3.8) is 0 Å². The van der Waals surface area contributed by atoms with Gasteiger partial charge < -0.3 is 15.2 Å². The van der Waals surface area contributed by atoms with Gasteiger partial charge in [-0.3, -0.25) is 0 Å². The van der Waals surface area contributed by atoms with Crippen LogP contribution in [-0.2, 0) is 14.6 Å². The molecule has 5 nitrogen and oxygen atoms in total. The molecular weight excluding hydrogens is 350 g/mol. The lowest BCUT2D eigenvalue weighted by molar-refractivity contribution is 0.142. The Morgan fingerprint density at radius 1 is 1.04 bits per heavy atom. The van der Waals surface area contributed by atoms with E-state index in [1.165, 1.54) is 0 Å². The summed E-state index contributed by atoms with van der Waals surface area (Å²) in [6.07, 6.45) is 0. The smallest absolute Gasteiger partial charge is 0.182 e. The van der Waals surface area contributed by atoms with Crippen molar-refractivity contribution in [3.8, 4) is 5.75 Å². The zero-order valence-corrected chi connectivity index (χ0v) is 16.1. The average Bonchev–Trinajstić information content (AvgIpc) is 3.32. The van der Waals surface area contributed by atoms with Gasteiger partial charge in [0.1, 0.15) is 5.75 Å². The lowest BCUT2D eigenvalue weighted by atomic mass is 10.00. The zero-order chi connectivity index (χ0) is 18.9. The Labute approximate surface area is 155 Å². The third-order valence-electron chi connectivity index (χ3n) is 5.33. The number of methoxy groups -OCH3 is 2. The van der Waals surface area contributed by atoms with E-state index in [0.717, 1.165) is 16.9 Å². The van der Waals surface area contributed by atoms with Gasteiger partial charge in [-0.2, -0.15) is 0 Å². The van der Waals surface area contributed by atoms with Crippen molar-refractivity contribution < 1.29 is 17.9 Å². The first-order valence-electron chi connectivity index (χ1n) is 8.54. The highest BCUT2D eigenvalue weighted by Gasteiger charge is 2.70. The fraction of sp³-hybridized carbons (Fsp3) is 0.400. The molecule has 3 rings (SSSR count). The number of aryl methyl sites for hydroxylation is 1. The zero-order valence-electron chi connectivity index (χ0n) is 15.3. The van der Waals surface area contributed by atoms with E-state index in [9.17, 15) is 8.42 Å². The fourth-order valence-corrected chi connectivity index (χ4v) is 6.32. The molecule has 0 saturated heterocycles. The SMILES string of the molecule is COC[C@@]1(CN)[C@H](S(=O)(=O)c2ccc(C)cc2)[C@@H]1c1ccc(OC)cc1. The predicted octanol–water partition coefficient (Wildman–Crippen LogP) is 2.53. The molecule has 26 heavy (non-hydrogen) atoms. The van der Waals surface area contributed by atoms with Crippen molar-refractivity contribution in [2.45, 2.75) is 23.0 Å². The second-order valence-electron chi connectivity index (χ2n) is 6.90. The number of rotatable bonds is 7. The Balaban J connectivity index is 2.03. The van der Waals surface area contributed by atoms with Gasteiger partial charge in [-0.15, -0.1) is 0 Å². The van der Waals surface area contributed by atoms with Crippen molar-refractivity contribution in [2.24, 2.45) is 11.1 Å². The van der Waals surface area contributed by atoms with Crippen molar-refractivity contribution in [1.29, 1.82) is 0 Å². The first-order valence-corrected chi connectivity index (χ1v) is 10.1. The van der Waals surface area contributed by atoms with Crippen molar-refractivity contribution in [3.05, 3.63) is 59.7 Å². The van der Waals surface area contributed by atoms with Crippen LogP contribution in [0.25, 0.3) is 0 Å². The fourth-order valence-electron chi connectivity index (χ4n) is 3.88. The summed E-state index contributed by atoms with van der Waals surface area (Å²) in [7, 11) is -0.346. The molecule has 0 heterocycles. The minimum atomic E-state index is -3.53. The molecule has 1 saturated carbocycles. The standard InChI is InChI=1S/C20H25NO4S/c1-14-4-10-17(11-5-14)26(22,23)19-18(20(19,12-21)13-24-2)15-6-8-16(25-3)9-7-15/h4-11,18-19H,12-13,21H2,1-3H3/t18-,19+,20+/m0/s1. The Kier molecular flexibility index (Phi) is 5.10. The molecule has 2 aromatic rings. The van der Waals surface area contributed by atoms with Gasteiger partial charge in [0.2, 0.25) is 0 Å². The number of nitrogens with two attached hydrogens (primary N) is 1. The minimum absolute atomic E-state index is 0.204. The summed E-state index contributed by atoms with van der Waals surface area (Å²) in [6, 6.07) is 14.5. The van der Waals surface area contributed by atoms with E-state index in [2.05, 4.69) is 0 Å². The Morgan fingerprint density at radius 2 is 1.65 bits per heavy atom. The lowest BCUT2D eigenvalue weighted by Crippen LogP contribution is -2.28. The molecule has 0 aliphatic heterocycles. The van der Waals surface area contributed by atoms with E-state index < -0.39 is 20.5 Å². The summed E-state index contributed by atoms with van der Waals surface area (Å²) < 4.78 is 37.2. The van der Waals surface area contributed by atoms with Crippen LogP contribution in [0.4, 0.5) is 0 Å². The second kappa shape index (κ2) is 7.02. The van der Waals surface area contributed by atoms with Gasteiger partial charge >= 0.3 is 0 Å². The summed E-state index contributed by atoms with van der Waals surface area (Å²) in [4.78, 5) is 0.332. The monoisotopic (exact) mass is 375 g/mol. The highest BCUT2D eigenvalue weighted by Crippen LogP contribution is 2.63. The van der Waals surface area contributed by atoms with Gasteiger partial charge in [-0.05, 0) is 36.8 Å². The number of sulfone groups is 1. The summed E-state index contributed by atoms with van der Waals surface area (Å²) in [5.41, 5.74) is 7.40. The topological polar surface area (TPSA) is 78.6 Å². The molecule has 0 amide bonds. The molecule has 2 N–H and O–H groups in total. The summed E-state index contributed by atoms with van der Waals surface area (Å²) in [5.74, 6) is 0.530. The predicted molar refractivity (Wildman–Crippen MR) is 101 cm³/mol. The molecule has 1 fully saturated rings. The van der Waals surface area contributed by atoms with Gasteiger partial charge in [0.25, 0.3) is 0 Å². The van der Waals surface area contributed by atoms with Gasteiger partial charge in [-0.1, -0.05) is 29.8 Å². The molecule has 0 aromatic heterocycles. The normalized spacial score (nSPS) is 25.1. The van der Waals surface area contributed by atoms with E-state index in [4.69, 9.17) is 15.2 Å². The number of ether oxygens (including phenoxy) is 2. The van der Waals surface area contributed by atoms with Crippen LogP contribution in [0.5, 0.6) is 5.75 Å². The summed E-state index contributed by atoms with van der Waals surface area (Å²) >= 11 is 0. The number of hydrogen-bond acceptors (Lipinski definition) is 5. The molecule has 0 radical (unpaired) electrons. The van der Waals surface area contributed by atoms with E-state index in [1.54, 1.807) is 26.4 Å². The largest absolute Gasteiger partial charge is 0.497 e. The number of hydrogen-bond donors (Lipinski definition) is 1. The maximum atomic E-state index is 13.3. The van der Waals surface area contributed by atoms with Crippen LogP contribution < -0.4 is 10.5 Å². The average molecular weight is 375 g/mol. The van der Waals surface area contributed by atoms with E-state index in [-0.39, 0.29) is 12.5 Å². The van der Waals surface area contributed by atoms with Gasteiger partial charge in [0.15, 0.2) is 9.84 Å². The van der Waals surface area contributed by atoms with Crippen molar-refractivity contribution in [2.75, 3.05) is 27.4 Å². The van der Waals surface area contributed by atoms with Crippen LogP contribution >= 0.6 is 0 Å². The molecule has 140 valence electrons. The molecule has 1 aliphatic carbocycles. The van der Waals surface area contributed by atoms with Crippen molar-refractivity contribution >= 4 is 9.84 Å². The molecule has 2 aromatic carbocycles. The van der Waals surface area contributed by atoms with Crippen LogP contribution in [-0.4, -0.2) is 41.0 Å². The van der Waals surface area contributed by atoms with Crippen LogP contribution in [0, 0.1) is 12.3 Å². The van der Waals surface area contributed by atoms with E-state index >= 15 is 0 Å². The molecule has 1 aliphatic rings. The maximum absolute atomic E-state index is 13.3. The lowest BCUT2D eigenvalue weighted by Gasteiger charge is -2.15. The van der Waals surface area contributed by atoms with Crippen molar-refractivity contribution in [1.82, 2.24) is 0 Å². The van der Waals surface area contributed by atoms with E-state index in [1.807, 2.05) is 43.3 Å². The summed E-state index contributed by atoms with van der Waals surface area (Å²) in [5, 5.41) is -0.601. The second-order valence-corrected chi connectivity index (χ2v) is 8.97. The van der Waals surface area contributed by atoms with E-state index in [0.29, 0.717) is 11.5 Å². The Hall–Kier alpha value is -1.89. The summed E-state index contributed by atoms with van der Waals surface area (Å²) in [6.45, 7) is 2.48. The third-order valence-corrected chi connectivity index (χ3v) is 7.67. The van der Waals surface area contributed by atoms with Crippen LogP contribution in [0.2, 0.25) is 0 Å². The highest BCUT2D eigenvalue weighted by molar-refractivity contribution is 7.92. The first kappa shape index (κ1) is 18.9. The van der Waals surface area contributed by atoms with Crippen LogP contribution in [0.3, 0.4) is 0 Å². The minimum Gasteiger partial charge on any atom is -0.497 e. The number of benzene rings is 2. The maximum Gasteiger partial charge on any atom is 0.182 e. The highest BCUT2D eigenvalue weighted by atomic mass is 32.2. The molecule has 0 bridgehead atoms.